The monoisotopic (exact) mass is 313 g/mol. The lowest BCUT2D eigenvalue weighted by Gasteiger charge is -2.06. The molecule has 110 valence electrons. The molecule has 2 aromatic carbocycles. The molecule has 0 bridgehead atoms. The Morgan fingerprint density at radius 3 is 2.64 bits per heavy atom. The zero-order valence-electron chi connectivity index (χ0n) is 11.5. The summed E-state index contributed by atoms with van der Waals surface area (Å²) >= 11 is 0.893. The van der Waals surface area contributed by atoms with Crippen LogP contribution in [0.25, 0.3) is 10.8 Å². The lowest BCUT2D eigenvalue weighted by molar-refractivity contribution is 0.0954. The summed E-state index contributed by atoms with van der Waals surface area (Å²) in [4.78, 5) is 24.5. The van der Waals surface area contributed by atoms with E-state index in [0.29, 0.717) is 15.8 Å². The highest BCUT2D eigenvalue weighted by Gasteiger charge is 2.11. The zero-order chi connectivity index (χ0) is 15.5. The third-order valence-corrected chi connectivity index (χ3v) is 4.22. The molecule has 0 aliphatic carbocycles. The van der Waals surface area contributed by atoms with Gasteiger partial charge in [0.15, 0.2) is 0 Å². The van der Waals surface area contributed by atoms with Gasteiger partial charge in [-0.25, -0.2) is 4.39 Å². The maximum absolute atomic E-state index is 13.5. The number of amides is 1. The summed E-state index contributed by atoms with van der Waals surface area (Å²) in [5, 5.41) is 3.96. The largest absolute Gasteiger partial charge is 0.347 e. The van der Waals surface area contributed by atoms with Crippen LogP contribution in [0.15, 0.2) is 59.4 Å². The standard InChI is InChI=1S/C17H12FNO2S/c18-14-8-4-2-6-12(14)10-19-16(20)15-9-11-5-1-3-7-13(11)17(21)22-15/h1-9H,10H2,(H,19,20). The Morgan fingerprint density at radius 2 is 1.82 bits per heavy atom. The van der Waals surface area contributed by atoms with Gasteiger partial charge in [-0.3, -0.25) is 9.59 Å². The van der Waals surface area contributed by atoms with Crippen molar-refractivity contribution in [1.82, 2.24) is 5.32 Å². The van der Waals surface area contributed by atoms with E-state index < -0.39 is 0 Å². The van der Waals surface area contributed by atoms with Crippen LogP contribution in [0.3, 0.4) is 0 Å². The van der Waals surface area contributed by atoms with Crippen molar-refractivity contribution < 1.29 is 9.18 Å². The van der Waals surface area contributed by atoms with Gasteiger partial charge in [0.25, 0.3) is 5.91 Å². The van der Waals surface area contributed by atoms with Crippen molar-refractivity contribution in [1.29, 1.82) is 0 Å². The first-order chi connectivity index (χ1) is 10.6. The number of fused-ring (bicyclic) bond motifs is 1. The van der Waals surface area contributed by atoms with E-state index in [1.165, 1.54) is 6.07 Å². The molecule has 0 aliphatic heterocycles. The fourth-order valence-electron chi connectivity index (χ4n) is 2.15. The number of carbonyl (C=O) groups is 1. The average molecular weight is 313 g/mol. The number of nitrogens with one attached hydrogen (secondary N) is 1. The molecule has 3 aromatic rings. The van der Waals surface area contributed by atoms with Crippen molar-refractivity contribution in [3.63, 3.8) is 0 Å². The lowest BCUT2D eigenvalue weighted by Crippen LogP contribution is -2.23. The minimum Gasteiger partial charge on any atom is -0.347 e. The second-order valence-electron chi connectivity index (χ2n) is 4.76. The molecule has 1 N–H and O–H groups in total. The maximum Gasteiger partial charge on any atom is 0.261 e. The van der Waals surface area contributed by atoms with Gasteiger partial charge in [-0.05, 0) is 23.6 Å². The molecule has 3 nitrogen and oxygen atoms in total. The van der Waals surface area contributed by atoms with E-state index in [-0.39, 0.29) is 23.0 Å². The van der Waals surface area contributed by atoms with Gasteiger partial charge in [-0.1, -0.05) is 47.7 Å². The smallest absolute Gasteiger partial charge is 0.261 e. The SMILES string of the molecule is O=C(NCc1ccccc1F)c1cc2ccccc2c(=O)s1. The zero-order valence-corrected chi connectivity index (χ0v) is 12.3. The molecular formula is C17H12FNO2S. The predicted octanol–water partition coefficient (Wildman–Crippen LogP) is 3.33. The molecule has 1 aromatic heterocycles. The Labute approximate surface area is 130 Å². The van der Waals surface area contributed by atoms with Crippen molar-refractivity contribution in [3.8, 4) is 0 Å². The Kier molecular flexibility index (Phi) is 3.98. The van der Waals surface area contributed by atoms with E-state index in [9.17, 15) is 14.0 Å². The summed E-state index contributed by atoms with van der Waals surface area (Å²) in [5.41, 5.74) is 0.406. The van der Waals surface area contributed by atoms with Crippen LogP contribution in [-0.2, 0) is 6.54 Å². The molecule has 0 saturated heterocycles. The maximum atomic E-state index is 13.5. The predicted molar refractivity (Wildman–Crippen MR) is 85.7 cm³/mol. The summed E-state index contributed by atoms with van der Waals surface area (Å²) < 4.78 is 13.4. The van der Waals surface area contributed by atoms with E-state index in [1.807, 2.05) is 6.07 Å². The van der Waals surface area contributed by atoms with Crippen LogP contribution >= 0.6 is 11.3 Å². The normalized spacial score (nSPS) is 10.6. The van der Waals surface area contributed by atoms with Crippen LogP contribution in [-0.4, -0.2) is 5.91 Å². The lowest BCUT2D eigenvalue weighted by atomic mass is 10.2. The average Bonchev–Trinajstić information content (AvgIpc) is 2.54. The molecular weight excluding hydrogens is 301 g/mol. The Balaban J connectivity index is 1.84. The third kappa shape index (κ3) is 2.89. The quantitative estimate of drug-likeness (QED) is 0.806. The van der Waals surface area contributed by atoms with Crippen LogP contribution in [0.5, 0.6) is 0 Å². The molecule has 1 heterocycles. The van der Waals surface area contributed by atoms with Crippen LogP contribution in [0.2, 0.25) is 0 Å². The minimum atomic E-state index is -0.379. The van der Waals surface area contributed by atoms with Crippen LogP contribution in [0.1, 0.15) is 15.2 Å². The van der Waals surface area contributed by atoms with Crippen molar-refractivity contribution in [2.45, 2.75) is 6.54 Å². The molecule has 0 radical (unpaired) electrons. The Morgan fingerprint density at radius 1 is 1.09 bits per heavy atom. The van der Waals surface area contributed by atoms with Crippen molar-refractivity contribution in [2.24, 2.45) is 0 Å². The number of rotatable bonds is 3. The van der Waals surface area contributed by atoms with Gasteiger partial charge in [0.1, 0.15) is 5.82 Å². The van der Waals surface area contributed by atoms with Crippen molar-refractivity contribution in [3.05, 3.63) is 80.4 Å². The highest BCUT2D eigenvalue weighted by molar-refractivity contribution is 7.12. The number of benzene rings is 2. The first-order valence-corrected chi connectivity index (χ1v) is 7.51. The molecule has 0 unspecified atom stereocenters. The molecule has 5 heteroatoms. The van der Waals surface area contributed by atoms with Gasteiger partial charge < -0.3 is 5.32 Å². The van der Waals surface area contributed by atoms with Crippen molar-refractivity contribution in [2.75, 3.05) is 0 Å². The van der Waals surface area contributed by atoms with Gasteiger partial charge in [0.05, 0.1) is 4.88 Å². The molecule has 0 spiro atoms. The number of hydrogen-bond acceptors (Lipinski definition) is 3. The van der Waals surface area contributed by atoms with E-state index >= 15 is 0 Å². The number of halogens is 1. The summed E-state index contributed by atoms with van der Waals surface area (Å²) in [6.07, 6.45) is 0. The summed E-state index contributed by atoms with van der Waals surface area (Å²) in [6, 6.07) is 15.1. The second kappa shape index (κ2) is 6.07. The van der Waals surface area contributed by atoms with Gasteiger partial charge in [-0.15, -0.1) is 0 Å². The molecule has 22 heavy (non-hydrogen) atoms. The number of carbonyl (C=O) groups excluding carboxylic acids is 1. The summed E-state index contributed by atoms with van der Waals surface area (Å²) in [6.45, 7) is 0.0826. The summed E-state index contributed by atoms with van der Waals surface area (Å²) in [7, 11) is 0. The Bertz CT molecular complexity index is 904. The van der Waals surface area contributed by atoms with E-state index in [1.54, 1.807) is 42.5 Å². The van der Waals surface area contributed by atoms with Crippen molar-refractivity contribution >= 4 is 28.0 Å². The fourth-order valence-corrected chi connectivity index (χ4v) is 3.00. The van der Waals surface area contributed by atoms with Gasteiger partial charge >= 0.3 is 0 Å². The summed E-state index contributed by atoms with van der Waals surface area (Å²) in [5.74, 6) is -0.745. The van der Waals surface area contributed by atoms with Crippen LogP contribution in [0.4, 0.5) is 4.39 Å². The fraction of sp³-hybridized carbons (Fsp3) is 0.0588. The molecule has 0 atom stereocenters. The van der Waals surface area contributed by atoms with E-state index in [0.717, 1.165) is 16.7 Å². The molecule has 1 amide bonds. The van der Waals surface area contributed by atoms with Crippen LogP contribution in [0, 0.1) is 5.82 Å². The highest BCUT2D eigenvalue weighted by atomic mass is 32.1. The highest BCUT2D eigenvalue weighted by Crippen LogP contribution is 2.15. The van der Waals surface area contributed by atoms with E-state index in [4.69, 9.17) is 0 Å². The third-order valence-electron chi connectivity index (χ3n) is 3.29. The molecule has 3 rings (SSSR count). The number of hydrogen-bond donors (Lipinski definition) is 1. The van der Waals surface area contributed by atoms with Gasteiger partial charge in [-0.2, -0.15) is 0 Å². The van der Waals surface area contributed by atoms with Crippen LogP contribution < -0.4 is 10.1 Å². The van der Waals surface area contributed by atoms with Gasteiger partial charge in [0.2, 0.25) is 4.74 Å². The molecule has 0 aliphatic rings. The topological polar surface area (TPSA) is 46.2 Å². The second-order valence-corrected chi connectivity index (χ2v) is 5.77. The van der Waals surface area contributed by atoms with Gasteiger partial charge in [0, 0.05) is 17.5 Å². The van der Waals surface area contributed by atoms with E-state index in [2.05, 4.69) is 5.32 Å². The molecule has 0 fully saturated rings. The first kappa shape index (κ1) is 14.4. The minimum absolute atomic E-state index is 0.0826. The Hall–Kier alpha value is -2.53. The molecule has 0 saturated carbocycles. The first-order valence-electron chi connectivity index (χ1n) is 6.69.